The molecule has 2 rings (SSSR count). The SMILES string of the molecule is O=C(Nc1ccccc1F)N1CCCCCC1CO. The lowest BCUT2D eigenvalue weighted by Gasteiger charge is -2.28. The van der Waals surface area contributed by atoms with Crippen molar-refractivity contribution >= 4 is 11.7 Å². The van der Waals surface area contributed by atoms with Crippen molar-refractivity contribution < 1.29 is 14.3 Å². The predicted molar refractivity (Wildman–Crippen MR) is 71.5 cm³/mol. The number of halogens is 1. The van der Waals surface area contributed by atoms with E-state index in [-0.39, 0.29) is 24.4 Å². The summed E-state index contributed by atoms with van der Waals surface area (Å²) >= 11 is 0. The summed E-state index contributed by atoms with van der Waals surface area (Å²) in [5.74, 6) is -0.453. The molecule has 1 fully saturated rings. The lowest BCUT2D eigenvalue weighted by atomic mass is 10.1. The number of hydrogen-bond donors (Lipinski definition) is 2. The molecular formula is C14H19FN2O2. The molecule has 1 aliphatic rings. The number of rotatable bonds is 2. The fraction of sp³-hybridized carbons (Fsp3) is 0.500. The van der Waals surface area contributed by atoms with Crippen LogP contribution in [0.1, 0.15) is 25.7 Å². The molecule has 1 unspecified atom stereocenters. The monoisotopic (exact) mass is 266 g/mol. The fourth-order valence-corrected chi connectivity index (χ4v) is 2.38. The Morgan fingerprint density at radius 3 is 2.89 bits per heavy atom. The molecule has 2 N–H and O–H groups in total. The summed E-state index contributed by atoms with van der Waals surface area (Å²) in [5.41, 5.74) is 0.174. The molecule has 0 spiro atoms. The number of likely N-dealkylation sites (tertiary alicyclic amines) is 1. The Balaban J connectivity index is 2.07. The fourth-order valence-electron chi connectivity index (χ4n) is 2.38. The Labute approximate surface area is 112 Å². The van der Waals surface area contributed by atoms with E-state index in [1.807, 2.05) is 0 Å². The van der Waals surface area contributed by atoms with Crippen LogP contribution in [0.2, 0.25) is 0 Å². The maximum Gasteiger partial charge on any atom is 0.322 e. The third-order valence-electron chi connectivity index (χ3n) is 3.46. The van der Waals surface area contributed by atoms with E-state index in [0.717, 1.165) is 25.7 Å². The zero-order valence-electron chi connectivity index (χ0n) is 10.8. The molecule has 1 heterocycles. The lowest BCUT2D eigenvalue weighted by molar-refractivity contribution is 0.142. The predicted octanol–water partition coefficient (Wildman–Crippen LogP) is 2.59. The molecule has 0 aromatic heterocycles. The number of nitrogens with zero attached hydrogens (tertiary/aromatic N) is 1. The second-order valence-electron chi connectivity index (χ2n) is 4.79. The van der Waals surface area contributed by atoms with Crippen molar-refractivity contribution in [3.05, 3.63) is 30.1 Å². The van der Waals surface area contributed by atoms with Crippen LogP contribution in [0.5, 0.6) is 0 Å². The van der Waals surface area contributed by atoms with E-state index in [0.29, 0.717) is 6.54 Å². The Kier molecular flexibility index (Phi) is 4.74. The molecule has 1 aromatic carbocycles. The smallest absolute Gasteiger partial charge is 0.322 e. The quantitative estimate of drug-likeness (QED) is 0.864. The van der Waals surface area contributed by atoms with Crippen LogP contribution in [-0.4, -0.2) is 35.2 Å². The van der Waals surface area contributed by atoms with E-state index in [1.54, 1.807) is 17.0 Å². The van der Waals surface area contributed by atoms with Crippen LogP contribution in [0.25, 0.3) is 0 Å². The van der Waals surface area contributed by atoms with Gasteiger partial charge >= 0.3 is 6.03 Å². The highest BCUT2D eigenvalue weighted by atomic mass is 19.1. The van der Waals surface area contributed by atoms with Gasteiger partial charge in [0.2, 0.25) is 0 Å². The Hall–Kier alpha value is -1.62. The van der Waals surface area contributed by atoms with Gasteiger partial charge in [-0.05, 0) is 25.0 Å². The second-order valence-corrected chi connectivity index (χ2v) is 4.79. The summed E-state index contributed by atoms with van der Waals surface area (Å²) in [6.07, 6.45) is 3.77. The third-order valence-corrected chi connectivity index (χ3v) is 3.46. The van der Waals surface area contributed by atoms with Gasteiger partial charge < -0.3 is 15.3 Å². The van der Waals surface area contributed by atoms with Gasteiger partial charge in [-0.15, -0.1) is 0 Å². The number of nitrogens with one attached hydrogen (secondary N) is 1. The second kappa shape index (κ2) is 6.52. The molecule has 104 valence electrons. The van der Waals surface area contributed by atoms with Crippen LogP contribution in [-0.2, 0) is 0 Å². The number of aliphatic hydroxyl groups excluding tert-OH is 1. The van der Waals surface area contributed by atoms with Crippen molar-refractivity contribution in [2.45, 2.75) is 31.7 Å². The summed E-state index contributed by atoms with van der Waals surface area (Å²) in [6.45, 7) is 0.552. The maximum absolute atomic E-state index is 13.5. The number of para-hydroxylation sites is 1. The van der Waals surface area contributed by atoms with Crippen molar-refractivity contribution in [3.8, 4) is 0 Å². The average molecular weight is 266 g/mol. The first-order chi connectivity index (χ1) is 9.22. The highest BCUT2D eigenvalue weighted by Gasteiger charge is 2.25. The number of benzene rings is 1. The third kappa shape index (κ3) is 3.44. The van der Waals surface area contributed by atoms with Gasteiger partial charge in [-0.1, -0.05) is 25.0 Å². The van der Waals surface area contributed by atoms with E-state index in [4.69, 9.17) is 0 Å². The number of urea groups is 1. The van der Waals surface area contributed by atoms with Crippen LogP contribution >= 0.6 is 0 Å². The Morgan fingerprint density at radius 1 is 1.37 bits per heavy atom. The molecule has 1 aliphatic heterocycles. The topological polar surface area (TPSA) is 52.6 Å². The average Bonchev–Trinajstić information content (AvgIpc) is 2.66. The summed E-state index contributed by atoms with van der Waals surface area (Å²) in [7, 11) is 0. The first-order valence-corrected chi connectivity index (χ1v) is 6.65. The van der Waals surface area contributed by atoms with E-state index >= 15 is 0 Å². The Bertz CT molecular complexity index is 439. The van der Waals surface area contributed by atoms with Crippen LogP contribution < -0.4 is 5.32 Å². The summed E-state index contributed by atoms with van der Waals surface area (Å²) in [6, 6.07) is 5.57. The molecule has 5 heteroatoms. The van der Waals surface area contributed by atoms with Crippen LogP contribution in [0.4, 0.5) is 14.9 Å². The molecule has 0 bridgehead atoms. The highest BCUT2D eigenvalue weighted by Crippen LogP contribution is 2.19. The van der Waals surface area contributed by atoms with Gasteiger partial charge in [0, 0.05) is 6.54 Å². The summed E-state index contributed by atoms with van der Waals surface area (Å²) < 4.78 is 13.5. The number of carbonyl (C=O) groups is 1. The number of hydrogen-bond acceptors (Lipinski definition) is 2. The molecule has 19 heavy (non-hydrogen) atoms. The molecule has 0 aliphatic carbocycles. The minimum Gasteiger partial charge on any atom is -0.394 e. The minimum atomic E-state index is -0.453. The normalized spacial score (nSPS) is 19.9. The van der Waals surface area contributed by atoms with Gasteiger partial charge in [0.25, 0.3) is 0 Å². The molecular weight excluding hydrogens is 247 g/mol. The molecule has 1 aromatic rings. The van der Waals surface area contributed by atoms with Gasteiger partial charge in [-0.2, -0.15) is 0 Å². The zero-order chi connectivity index (χ0) is 13.7. The van der Waals surface area contributed by atoms with Crippen molar-refractivity contribution in [1.82, 2.24) is 4.90 Å². The van der Waals surface area contributed by atoms with E-state index in [2.05, 4.69) is 5.32 Å². The number of amides is 2. The highest BCUT2D eigenvalue weighted by molar-refractivity contribution is 5.89. The maximum atomic E-state index is 13.5. The number of carbonyl (C=O) groups excluding carboxylic acids is 1. The van der Waals surface area contributed by atoms with Crippen LogP contribution in [0.3, 0.4) is 0 Å². The van der Waals surface area contributed by atoms with Crippen molar-refractivity contribution in [2.24, 2.45) is 0 Å². The van der Waals surface area contributed by atoms with Gasteiger partial charge in [0.15, 0.2) is 0 Å². The van der Waals surface area contributed by atoms with Crippen LogP contribution in [0, 0.1) is 5.82 Å². The number of aliphatic hydroxyl groups is 1. The minimum absolute atomic E-state index is 0.0509. The summed E-state index contributed by atoms with van der Waals surface area (Å²) in [4.78, 5) is 13.8. The standard InChI is InChI=1S/C14H19FN2O2/c15-12-7-3-4-8-13(12)16-14(19)17-9-5-1-2-6-11(17)10-18/h3-4,7-8,11,18H,1-2,5-6,9-10H2,(H,16,19). The first-order valence-electron chi connectivity index (χ1n) is 6.65. The first kappa shape index (κ1) is 13.8. The Morgan fingerprint density at radius 2 is 2.16 bits per heavy atom. The molecule has 0 saturated carbocycles. The van der Waals surface area contributed by atoms with Crippen molar-refractivity contribution in [1.29, 1.82) is 0 Å². The molecule has 1 saturated heterocycles. The molecule has 0 radical (unpaired) electrons. The molecule has 2 amide bonds. The number of anilines is 1. The summed E-state index contributed by atoms with van der Waals surface area (Å²) in [5, 5.41) is 11.9. The van der Waals surface area contributed by atoms with Gasteiger partial charge in [0.05, 0.1) is 18.3 Å². The molecule has 1 atom stereocenters. The van der Waals surface area contributed by atoms with Crippen molar-refractivity contribution in [2.75, 3.05) is 18.5 Å². The van der Waals surface area contributed by atoms with E-state index < -0.39 is 5.82 Å². The van der Waals surface area contributed by atoms with E-state index in [9.17, 15) is 14.3 Å². The van der Waals surface area contributed by atoms with Gasteiger partial charge in [0.1, 0.15) is 5.82 Å². The van der Waals surface area contributed by atoms with Crippen LogP contribution in [0.15, 0.2) is 24.3 Å². The van der Waals surface area contributed by atoms with E-state index in [1.165, 1.54) is 12.1 Å². The van der Waals surface area contributed by atoms with Gasteiger partial charge in [-0.3, -0.25) is 0 Å². The largest absolute Gasteiger partial charge is 0.394 e. The zero-order valence-corrected chi connectivity index (χ0v) is 10.8. The molecule has 4 nitrogen and oxygen atoms in total. The van der Waals surface area contributed by atoms with Gasteiger partial charge in [-0.25, -0.2) is 9.18 Å². The lowest BCUT2D eigenvalue weighted by Crippen LogP contribution is -2.44. The van der Waals surface area contributed by atoms with Crippen molar-refractivity contribution in [3.63, 3.8) is 0 Å².